The summed E-state index contributed by atoms with van der Waals surface area (Å²) in [6.07, 6.45) is 0. The highest BCUT2D eigenvalue weighted by Gasteiger charge is 2.25. The topological polar surface area (TPSA) is 70.5 Å². The summed E-state index contributed by atoms with van der Waals surface area (Å²) in [6.45, 7) is 0.881. The summed E-state index contributed by atoms with van der Waals surface area (Å²) in [7, 11) is 0. The van der Waals surface area contributed by atoms with Gasteiger partial charge in [-0.15, -0.1) is 0 Å². The number of nitrogens with zero attached hydrogens (tertiary/aromatic N) is 2. The molecule has 2 aromatic rings. The standard InChI is InChI=1S/C15H11BrN2O3/c16-13-3-1-2-12(17-13)14(19)18-7-10-5-4-9(15(20)21)6-11(10)8-18/h1-6H,7-8H2,(H,20,21). The van der Waals surface area contributed by atoms with Crippen LogP contribution in [-0.4, -0.2) is 26.9 Å². The molecular weight excluding hydrogens is 336 g/mol. The van der Waals surface area contributed by atoms with Crippen LogP contribution >= 0.6 is 15.9 Å². The number of rotatable bonds is 2. The molecular formula is C15H11BrN2O3. The first-order valence-electron chi connectivity index (χ1n) is 6.31. The van der Waals surface area contributed by atoms with Crippen molar-refractivity contribution in [2.75, 3.05) is 0 Å². The molecule has 0 aliphatic carbocycles. The van der Waals surface area contributed by atoms with Crippen LogP contribution < -0.4 is 0 Å². The number of hydrogen-bond acceptors (Lipinski definition) is 3. The summed E-state index contributed by atoms with van der Waals surface area (Å²) in [5.74, 6) is -1.12. The second kappa shape index (κ2) is 5.29. The molecule has 1 aliphatic heterocycles. The second-order valence-electron chi connectivity index (χ2n) is 4.80. The van der Waals surface area contributed by atoms with Gasteiger partial charge in [0.1, 0.15) is 10.3 Å². The number of pyridine rings is 1. The monoisotopic (exact) mass is 346 g/mol. The van der Waals surface area contributed by atoms with Crippen LogP contribution in [0.4, 0.5) is 0 Å². The van der Waals surface area contributed by atoms with E-state index in [-0.39, 0.29) is 11.5 Å². The summed E-state index contributed by atoms with van der Waals surface area (Å²) < 4.78 is 0.609. The van der Waals surface area contributed by atoms with Crippen LogP contribution in [-0.2, 0) is 13.1 Å². The summed E-state index contributed by atoms with van der Waals surface area (Å²) in [4.78, 5) is 29.2. The Morgan fingerprint density at radius 1 is 1.14 bits per heavy atom. The van der Waals surface area contributed by atoms with Gasteiger partial charge in [-0.1, -0.05) is 12.1 Å². The summed E-state index contributed by atoms with van der Waals surface area (Å²) >= 11 is 3.25. The minimum atomic E-state index is -0.962. The van der Waals surface area contributed by atoms with Crippen molar-refractivity contribution in [1.29, 1.82) is 0 Å². The quantitative estimate of drug-likeness (QED) is 0.848. The number of carbonyl (C=O) groups excluding carboxylic acids is 1. The fourth-order valence-corrected chi connectivity index (χ4v) is 2.70. The zero-order chi connectivity index (χ0) is 15.0. The summed E-state index contributed by atoms with van der Waals surface area (Å²) in [5.41, 5.74) is 2.46. The fraction of sp³-hybridized carbons (Fsp3) is 0.133. The van der Waals surface area contributed by atoms with E-state index in [1.807, 2.05) is 0 Å². The Morgan fingerprint density at radius 3 is 2.62 bits per heavy atom. The predicted molar refractivity (Wildman–Crippen MR) is 78.9 cm³/mol. The lowest BCUT2D eigenvalue weighted by Crippen LogP contribution is -2.26. The number of carboxylic acid groups (broad SMARTS) is 1. The number of halogens is 1. The molecule has 2 heterocycles. The SMILES string of the molecule is O=C(O)c1ccc2c(c1)CN(C(=O)c1cccc(Br)n1)C2. The van der Waals surface area contributed by atoms with Crippen LogP contribution in [0, 0.1) is 0 Å². The molecule has 0 atom stereocenters. The molecule has 1 amide bonds. The molecule has 1 aromatic carbocycles. The average Bonchev–Trinajstić information content (AvgIpc) is 2.89. The van der Waals surface area contributed by atoms with Gasteiger partial charge in [-0.25, -0.2) is 9.78 Å². The molecule has 0 fully saturated rings. The van der Waals surface area contributed by atoms with Crippen molar-refractivity contribution >= 4 is 27.8 Å². The number of aromatic carboxylic acids is 1. The highest BCUT2D eigenvalue weighted by molar-refractivity contribution is 9.10. The Bertz CT molecular complexity index is 745. The minimum absolute atomic E-state index is 0.163. The number of amides is 1. The van der Waals surface area contributed by atoms with Crippen LogP contribution in [0.3, 0.4) is 0 Å². The number of carboxylic acids is 1. The predicted octanol–water partition coefficient (Wildman–Crippen LogP) is 2.70. The second-order valence-corrected chi connectivity index (χ2v) is 5.61. The maximum atomic E-state index is 12.4. The first-order chi connectivity index (χ1) is 10.0. The average molecular weight is 347 g/mol. The summed E-state index contributed by atoms with van der Waals surface area (Å²) in [5, 5.41) is 9.00. The van der Waals surface area contributed by atoms with Crippen molar-refractivity contribution < 1.29 is 14.7 Å². The fourth-order valence-electron chi connectivity index (χ4n) is 2.36. The van der Waals surface area contributed by atoms with E-state index < -0.39 is 5.97 Å². The van der Waals surface area contributed by atoms with E-state index in [4.69, 9.17) is 5.11 Å². The molecule has 0 saturated heterocycles. The van der Waals surface area contributed by atoms with Gasteiger partial charge in [-0.2, -0.15) is 0 Å². The molecule has 1 aromatic heterocycles. The zero-order valence-electron chi connectivity index (χ0n) is 10.9. The van der Waals surface area contributed by atoms with Gasteiger partial charge < -0.3 is 10.0 Å². The maximum Gasteiger partial charge on any atom is 0.335 e. The molecule has 5 nitrogen and oxygen atoms in total. The van der Waals surface area contributed by atoms with Crippen LogP contribution in [0.1, 0.15) is 32.0 Å². The lowest BCUT2D eigenvalue weighted by molar-refractivity contribution is 0.0696. The van der Waals surface area contributed by atoms with E-state index in [0.29, 0.717) is 23.4 Å². The van der Waals surface area contributed by atoms with Gasteiger partial charge in [0.15, 0.2) is 0 Å². The lowest BCUT2D eigenvalue weighted by atomic mass is 10.1. The smallest absolute Gasteiger partial charge is 0.335 e. The highest BCUT2D eigenvalue weighted by Crippen LogP contribution is 2.25. The first kappa shape index (κ1) is 13.8. The molecule has 1 aliphatic rings. The van der Waals surface area contributed by atoms with Crippen molar-refractivity contribution in [3.05, 3.63) is 63.4 Å². The number of hydrogen-bond donors (Lipinski definition) is 1. The summed E-state index contributed by atoms with van der Waals surface area (Å²) in [6, 6.07) is 10.1. The number of fused-ring (bicyclic) bond motifs is 1. The van der Waals surface area contributed by atoms with Gasteiger partial charge >= 0.3 is 5.97 Å². The largest absolute Gasteiger partial charge is 0.478 e. The van der Waals surface area contributed by atoms with Gasteiger partial charge in [0.05, 0.1) is 5.56 Å². The highest BCUT2D eigenvalue weighted by atomic mass is 79.9. The van der Waals surface area contributed by atoms with Gasteiger partial charge in [-0.05, 0) is 51.3 Å². The molecule has 3 rings (SSSR count). The van der Waals surface area contributed by atoms with Crippen molar-refractivity contribution in [2.24, 2.45) is 0 Å². The Kier molecular flexibility index (Phi) is 3.47. The van der Waals surface area contributed by atoms with Gasteiger partial charge in [-0.3, -0.25) is 4.79 Å². The van der Waals surface area contributed by atoms with E-state index >= 15 is 0 Å². The van der Waals surface area contributed by atoms with Crippen LogP contribution in [0.15, 0.2) is 41.0 Å². The molecule has 106 valence electrons. The Labute approximate surface area is 129 Å². The molecule has 0 bridgehead atoms. The Hall–Kier alpha value is -2.21. The third kappa shape index (κ3) is 2.67. The zero-order valence-corrected chi connectivity index (χ0v) is 12.5. The van der Waals surface area contributed by atoms with Crippen molar-refractivity contribution in [2.45, 2.75) is 13.1 Å². The lowest BCUT2D eigenvalue weighted by Gasteiger charge is -2.14. The van der Waals surface area contributed by atoms with Crippen LogP contribution in [0.25, 0.3) is 0 Å². The van der Waals surface area contributed by atoms with Crippen LogP contribution in [0.2, 0.25) is 0 Å². The van der Waals surface area contributed by atoms with E-state index in [9.17, 15) is 9.59 Å². The van der Waals surface area contributed by atoms with Crippen molar-refractivity contribution in [3.63, 3.8) is 0 Å². The Balaban J connectivity index is 1.84. The normalized spacial score (nSPS) is 13.1. The Morgan fingerprint density at radius 2 is 1.90 bits per heavy atom. The van der Waals surface area contributed by atoms with Gasteiger partial charge in [0.2, 0.25) is 0 Å². The van der Waals surface area contributed by atoms with E-state index in [1.165, 1.54) is 0 Å². The van der Waals surface area contributed by atoms with E-state index in [2.05, 4.69) is 20.9 Å². The number of benzene rings is 1. The molecule has 0 radical (unpaired) electrons. The van der Waals surface area contributed by atoms with Crippen LogP contribution in [0.5, 0.6) is 0 Å². The molecule has 0 unspecified atom stereocenters. The number of aromatic nitrogens is 1. The van der Waals surface area contributed by atoms with Crippen molar-refractivity contribution in [3.8, 4) is 0 Å². The first-order valence-corrected chi connectivity index (χ1v) is 7.11. The van der Waals surface area contributed by atoms with Gasteiger partial charge in [0, 0.05) is 13.1 Å². The third-order valence-corrected chi connectivity index (χ3v) is 3.84. The minimum Gasteiger partial charge on any atom is -0.478 e. The van der Waals surface area contributed by atoms with Gasteiger partial charge in [0.25, 0.3) is 5.91 Å². The molecule has 0 saturated carbocycles. The molecule has 1 N–H and O–H groups in total. The molecule has 0 spiro atoms. The maximum absolute atomic E-state index is 12.4. The van der Waals surface area contributed by atoms with Crippen molar-refractivity contribution in [1.82, 2.24) is 9.88 Å². The molecule has 6 heteroatoms. The van der Waals surface area contributed by atoms with E-state index in [0.717, 1.165) is 11.1 Å². The number of carbonyl (C=O) groups is 2. The van der Waals surface area contributed by atoms with E-state index in [1.54, 1.807) is 41.3 Å². The third-order valence-electron chi connectivity index (χ3n) is 3.40. The molecule has 21 heavy (non-hydrogen) atoms.